The fraction of sp³-hybridized carbons (Fsp3) is 0.214. The van der Waals surface area contributed by atoms with Crippen LogP contribution in [0, 0.1) is 6.92 Å². The number of esters is 1. The standard InChI is InChI=1S/C14H14N2O4/c1-9-8-12(18-2)16-14(15-9)20-11-6-4-10(5-7-11)13(17)19-3/h4-8H,1-3H3. The van der Waals surface area contributed by atoms with Crippen molar-refractivity contribution in [3.05, 3.63) is 41.6 Å². The third kappa shape index (κ3) is 3.23. The van der Waals surface area contributed by atoms with Crippen molar-refractivity contribution in [1.29, 1.82) is 0 Å². The van der Waals surface area contributed by atoms with Crippen molar-refractivity contribution in [2.75, 3.05) is 14.2 Å². The molecule has 20 heavy (non-hydrogen) atoms. The maximum absolute atomic E-state index is 11.3. The quantitative estimate of drug-likeness (QED) is 0.797. The largest absolute Gasteiger partial charge is 0.481 e. The molecule has 6 heteroatoms. The molecule has 0 aliphatic heterocycles. The van der Waals surface area contributed by atoms with Crippen LogP contribution in [0.2, 0.25) is 0 Å². The van der Waals surface area contributed by atoms with E-state index in [0.717, 1.165) is 5.69 Å². The molecule has 1 aromatic heterocycles. The molecule has 0 atom stereocenters. The lowest BCUT2D eigenvalue weighted by Gasteiger charge is -2.07. The van der Waals surface area contributed by atoms with Gasteiger partial charge in [-0.1, -0.05) is 0 Å². The lowest BCUT2D eigenvalue weighted by atomic mass is 10.2. The molecule has 0 bridgehead atoms. The maximum Gasteiger partial charge on any atom is 0.337 e. The van der Waals surface area contributed by atoms with Crippen molar-refractivity contribution >= 4 is 5.97 Å². The third-order valence-electron chi connectivity index (χ3n) is 2.50. The van der Waals surface area contributed by atoms with Crippen LogP contribution in [0.15, 0.2) is 30.3 Å². The summed E-state index contributed by atoms with van der Waals surface area (Å²) in [4.78, 5) is 19.5. The Balaban J connectivity index is 2.17. The Bertz CT molecular complexity index is 611. The molecule has 0 fully saturated rings. The van der Waals surface area contributed by atoms with E-state index in [1.165, 1.54) is 14.2 Å². The predicted octanol–water partition coefficient (Wildman–Crippen LogP) is 2.37. The van der Waals surface area contributed by atoms with Crippen LogP contribution in [0.5, 0.6) is 17.6 Å². The van der Waals surface area contributed by atoms with E-state index in [9.17, 15) is 4.79 Å². The van der Waals surface area contributed by atoms with E-state index < -0.39 is 5.97 Å². The molecule has 0 aliphatic rings. The van der Waals surface area contributed by atoms with Crippen LogP contribution >= 0.6 is 0 Å². The fourth-order valence-electron chi connectivity index (χ4n) is 1.55. The normalized spacial score (nSPS) is 9.95. The highest BCUT2D eigenvalue weighted by Gasteiger charge is 2.07. The topological polar surface area (TPSA) is 70.5 Å². The van der Waals surface area contributed by atoms with Crippen molar-refractivity contribution in [2.45, 2.75) is 6.92 Å². The molecule has 1 aromatic carbocycles. The number of rotatable bonds is 4. The van der Waals surface area contributed by atoms with Crippen LogP contribution in [-0.2, 0) is 4.74 Å². The maximum atomic E-state index is 11.3. The van der Waals surface area contributed by atoms with Gasteiger partial charge in [-0.25, -0.2) is 4.79 Å². The summed E-state index contributed by atoms with van der Waals surface area (Å²) in [6.45, 7) is 1.82. The van der Waals surface area contributed by atoms with Crippen molar-refractivity contribution in [1.82, 2.24) is 9.97 Å². The van der Waals surface area contributed by atoms with E-state index in [2.05, 4.69) is 14.7 Å². The van der Waals surface area contributed by atoms with Gasteiger partial charge >= 0.3 is 12.0 Å². The highest BCUT2D eigenvalue weighted by atomic mass is 16.5. The smallest absolute Gasteiger partial charge is 0.337 e. The first kappa shape index (κ1) is 13.8. The van der Waals surface area contributed by atoms with Crippen molar-refractivity contribution in [3.8, 4) is 17.6 Å². The second-order valence-electron chi connectivity index (χ2n) is 3.95. The molecule has 2 aromatic rings. The molecule has 0 spiro atoms. The van der Waals surface area contributed by atoms with Crippen LogP contribution in [-0.4, -0.2) is 30.2 Å². The van der Waals surface area contributed by atoms with Crippen LogP contribution in [0.25, 0.3) is 0 Å². The molecule has 0 amide bonds. The second-order valence-corrected chi connectivity index (χ2v) is 3.95. The zero-order valence-electron chi connectivity index (χ0n) is 11.4. The van der Waals surface area contributed by atoms with Crippen molar-refractivity contribution in [2.24, 2.45) is 0 Å². The molecule has 0 unspecified atom stereocenters. The van der Waals surface area contributed by atoms with E-state index in [-0.39, 0.29) is 6.01 Å². The molecule has 104 valence electrons. The second kappa shape index (κ2) is 6.01. The first-order chi connectivity index (χ1) is 9.62. The summed E-state index contributed by atoms with van der Waals surface area (Å²) in [6.07, 6.45) is 0. The molecular weight excluding hydrogens is 260 g/mol. The lowest BCUT2D eigenvalue weighted by Crippen LogP contribution is -2.01. The number of aromatic nitrogens is 2. The number of benzene rings is 1. The van der Waals surface area contributed by atoms with Gasteiger partial charge in [0.1, 0.15) is 5.75 Å². The molecule has 6 nitrogen and oxygen atoms in total. The summed E-state index contributed by atoms with van der Waals surface area (Å²) >= 11 is 0. The summed E-state index contributed by atoms with van der Waals surface area (Å²) in [6, 6.07) is 8.39. The Kier molecular flexibility index (Phi) is 4.14. The number of nitrogens with zero attached hydrogens (tertiary/aromatic N) is 2. The van der Waals surface area contributed by atoms with Crippen LogP contribution < -0.4 is 9.47 Å². The molecule has 0 aliphatic carbocycles. The molecular formula is C14H14N2O4. The van der Waals surface area contributed by atoms with Gasteiger partial charge in [-0.15, -0.1) is 0 Å². The molecule has 0 N–H and O–H groups in total. The number of aryl methyl sites for hydroxylation is 1. The zero-order valence-corrected chi connectivity index (χ0v) is 11.4. The van der Waals surface area contributed by atoms with Crippen LogP contribution in [0.1, 0.15) is 16.1 Å². The first-order valence-corrected chi connectivity index (χ1v) is 5.88. The number of carbonyl (C=O) groups excluding carboxylic acids is 1. The van der Waals surface area contributed by atoms with E-state index >= 15 is 0 Å². The Morgan fingerprint density at radius 3 is 2.40 bits per heavy atom. The average molecular weight is 274 g/mol. The number of hydrogen-bond acceptors (Lipinski definition) is 6. The van der Waals surface area contributed by atoms with E-state index in [0.29, 0.717) is 17.2 Å². The minimum Gasteiger partial charge on any atom is -0.481 e. The Morgan fingerprint density at radius 1 is 1.10 bits per heavy atom. The summed E-state index contributed by atoms with van der Waals surface area (Å²) in [5.74, 6) is 0.550. The van der Waals surface area contributed by atoms with E-state index in [4.69, 9.17) is 9.47 Å². The van der Waals surface area contributed by atoms with Gasteiger partial charge in [-0.05, 0) is 31.2 Å². The van der Waals surface area contributed by atoms with E-state index in [1.54, 1.807) is 30.3 Å². The molecule has 1 heterocycles. The zero-order chi connectivity index (χ0) is 14.5. The first-order valence-electron chi connectivity index (χ1n) is 5.88. The average Bonchev–Trinajstić information content (AvgIpc) is 2.46. The SMILES string of the molecule is COC(=O)c1ccc(Oc2nc(C)cc(OC)n2)cc1. The minimum absolute atomic E-state index is 0.188. The number of methoxy groups -OCH3 is 2. The third-order valence-corrected chi connectivity index (χ3v) is 2.50. The number of carbonyl (C=O) groups is 1. The monoisotopic (exact) mass is 274 g/mol. The number of ether oxygens (including phenoxy) is 3. The van der Waals surface area contributed by atoms with Gasteiger partial charge in [0.2, 0.25) is 5.88 Å². The minimum atomic E-state index is -0.398. The Hall–Kier alpha value is -2.63. The predicted molar refractivity (Wildman–Crippen MR) is 71.2 cm³/mol. The Labute approximate surface area is 116 Å². The summed E-state index contributed by atoms with van der Waals surface area (Å²) in [5.41, 5.74) is 1.18. The van der Waals surface area contributed by atoms with Gasteiger partial charge in [0, 0.05) is 11.8 Å². The highest BCUT2D eigenvalue weighted by Crippen LogP contribution is 2.21. The highest BCUT2D eigenvalue weighted by molar-refractivity contribution is 5.89. The van der Waals surface area contributed by atoms with Gasteiger partial charge < -0.3 is 14.2 Å². The van der Waals surface area contributed by atoms with Crippen LogP contribution in [0.3, 0.4) is 0 Å². The van der Waals surface area contributed by atoms with Crippen molar-refractivity contribution in [3.63, 3.8) is 0 Å². The van der Waals surface area contributed by atoms with Gasteiger partial charge in [-0.2, -0.15) is 9.97 Å². The molecule has 0 radical (unpaired) electrons. The fourth-order valence-corrected chi connectivity index (χ4v) is 1.55. The van der Waals surface area contributed by atoms with Crippen LogP contribution in [0.4, 0.5) is 0 Å². The Morgan fingerprint density at radius 2 is 1.80 bits per heavy atom. The van der Waals surface area contributed by atoms with Gasteiger partial charge in [0.25, 0.3) is 0 Å². The van der Waals surface area contributed by atoms with Gasteiger partial charge in [0.15, 0.2) is 0 Å². The lowest BCUT2D eigenvalue weighted by molar-refractivity contribution is 0.0600. The molecule has 2 rings (SSSR count). The van der Waals surface area contributed by atoms with Crippen molar-refractivity contribution < 1.29 is 19.0 Å². The molecule has 0 saturated heterocycles. The number of hydrogen-bond donors (Lipinski definition) is 0. The summed E-state index contributed by atoms with van der Waals surface area (Å²) in [7, 11) is 2.86. The summed E-state index contributed by atoms with van der Waals surface area (Å²) < 4.78 is 15.2. The summed E-state index contributed by atoms with van der Waals surface area (Å²) in [5, 5.41) is 0. The van der Waals surface area contributed by atoms with Gasteiger partial charge in [0.05, 0.1) is 19.8 Å². The van der Waals surface area contributed by atoms with E-state index in [1.807, 2.05) is 6.92 Å². The molecule has 0 saturated carbocycles. The van der Waals surface area contributed by atoms with Gasteiger partial charge in [-0.3, -0.25) is 0 Å².